The molecule has 0 bridgehead atoms. The quantitative estimate of drug-likeness (QED) is 0.171. The molecule has 0 aromatic rings. The Kier molecular flexibility index (Phi) is 11.5. The van der Waals surface area contributed by atoms with Gasteiger partial charge in [0, 0.05) is 6.42 Å². The summed E-state index contributed by atoms with van der Waals surface area (Å²) in [6, 6.07) is 0. The average molecular weight is 393 g/mol. The van der Waals surface area contributed by atoms with Crippen LogP contribution >= 0.6 is 0 Å². The lowest BCUT2D eigenvalue weighted by atomic mass is 10.1. The van der Waals surface area contributed by atoms with Gasteiger partial charge >= 0.3 is 5.97 Å². The number of carboxylic acid groups (broad SMARTS) is 1. The lowest BCUT2D eigenvalue weighted by Crippen LogP contribution is -1.97. The molecule has 4 nitrogen and oxygen atoms in total. The van der Waals surface area contributed by atoms with E-state index in [-0.39, 0.29) is 12.5 Å². The molecule has 4 heteroatoms. The molecule has 4 unspecified atom stereocenters. The van der Waals surface area contributed by atoms with Crippen molar-refractivity contribution in [3.05, 3.63) is 24.3 Å². The lowest BCUT2D eigenvalue weighted by molar-refractivity contribution is -0.137. The minimum atomic E-state index is -0.718. The predicted octanol–water partition coefficient (Wildman–Crippen LogP) is 6.20. The van der Waals surface area contributed by atoms with Gasteiger partial charge in [-0.25, -0.2) is 0 Å². The first-order valence-corrected chi connectivity index (χ1v) is 11.5. The van der Waals surface area contributed by atoms with Crippen molar-refractivity contribution in [2.24, 2.45) is 0 Å². The molecular weight excluding hydrogens is 352 g/mol. The molecule has 2 aliphatic rings. The van der Waals surface area contributed by atoms with Gasteiger partial charge in [-0.1, -0.05) is 76.2 Å². The number of hydrogen-bond acceptors (Lipinski definition) is 3. The highest BCUT2D eigenvalue weighted by molar-refractivity contribution is 5.66. The molecule has 4 atom stereocenters. The Labute approximate surface area is 171 Å². The Balaban J connectivity index is 1.35. The number of epoxide rings is 2. The zero-order valence-corrected chi connectivity index (χ0v) is 17.7. The van der Waals surface area contributed by atoms with Gasteiger partial charge in [0.15, 0.2) is 0 Å². The van der Waals surface area contributed by atoms with E-state index in [1.54, 1.807) is 0 Å². The van der Waals surface area contributed by atoms with Gasteiger partial charge in [0.05, 0.1) is 24.4 Å². The topological polar surface area (TPSA) is 62.4 Å². The van der Waals surface area contributed by atoms with Crippen LogP contribution in [0.4, 0.5) is 0 Å². The van der Waals surface area contributed by atoms with Crippen LogP contribution in [0, 0.1) is 0 Å². The first kappa shape index (κ1) is 23.2. The number of aliphatic carboxylic acids is 1. The number of allylic oxidation sites excluding steroid dienone is 2. The van der Waals surface area contributed by atoms with Gasteiger partial charge in [0.25, 0.3) is 0 Å². The van der Waals surface area contributed by atoms with Gasteiger partial charge in [-0.05, 0) is 38.5 Å². The first-order valence-electron chi connectivity index (χ1n) is 11.5. The smallest absolute Gasteiger partial charge is 0.303 e. The minimum Gasteiger partial charge on any atom is -0.481 e. The zero-order valence-electron chi connectivity index (χ0n) is 17.7. The maximum absolute atomic E-state index is 10.5. The van der Waals surface area contributed by atoms with Gasteiger partial charge in [-0.3, -0.25) is 4.79 Å². The van der Waals surface area contributed by atoms with Crippen molar-refractivity contribution in [2.45, 2.75) is 121 Å². The van der Waals surface area contributed by atoms with Crippen LogP contribution in [0.1, 0.15) is 96.8 Å². The van der Waals surface area contributed by atoms with Crippen molar-refractivity contribution in [1.29, 1.82) is 0 Å². The van der Waals surface area contributed by atoms with Gasteiger partial charge in [0.2, 0.25) is 0 Å². The van der Waals surface area contributed by atoms with Crippen LogP contribution in [0.15, 0.2) is 24.3 Å². The summed E-state index contributed by atoms with van der Waals surface area (Å²) in [5, 5.41) is 8.62. The monoisotopic (exact) mass is 392 g/mol. The molecule has 0 spiro atoms. The lowest BCUT2D eigenvalue weighted by Gasteiger charge is -1.99. The van der Waals surface area contributed by atoms with E-state index < -0.39 is 5.97 Å². The Morgan fingerprint density at radius 3 is 1.86 bits per heavy atom. The normalized spacial score (nSPS) is 26.3. The molecule has 0 amide bonds. The highest BCUT2D eigenvalue weighted by atomic mass is 16.6. The molecule has 2 aliphatic heterocycles. The maximum Gasteiger partial charge on any atom is 0.303 e. The first-order chi connectivity index (χ1) is 13.7. The van der Waals surface area contributed by atoms with Crippen LogP contribution in [0.25, 0.3) is 0 Å². The number of hydrogen-bond donors (Lipinski definition) is 1. The standard InChI is InChI=1S/C24H40O4/c1-2-3-4-5-6-8-11-15-20-21(27-20)16-12-9-7-10-13-17-22-23(28-22)18-14-19-24(25)26/h9-10,12-13,20-23H,2-8,11,14-19H2,1H3,(H,25,26). The largest absolute Gasteiger partial charge is 0.481 e. The second-order valence-corrected chi connectivity index (χ2v) is 8.27. The van der Waals surface area contributed by atoms with E-state index in [4.69, 9.17) is 14.6 Å². The number of unbranched alkanes of at least 4 members (excludes halogenated alkanes) is 6. The third-order valence-electron chi connectivity index (χ3n) is 5.69. The van der Waals surface area contributed by atoms with Crippen LogP contribution < -0.4 is 0 Å². The van der Waals surface area contributed by atoms with Crippen LogP contribution in [0.3, 0.4) is 0 Å². The highest BCUT2D eigenvalue weighted by Gasteiger charge is 2.37. The van der Waals surface area contributed by atoms with E-state index in [1.165, 1.54) is 51.4 Å². The van der Waals surface area contributed by atoms with Crippen molar-refractivity contribution >= 4 is 5.97 Å². The molecule has 0 radical (unpaired) electrons. The minimum absolute atomic E-state index is 0.248. The van der Waals surface area contributed by atoms with Crippen molar-refractivity contribution in [1.82, 2.24) is 0 Å². The van der Waals surface area contributed by atoms with Gasteiger partial charge in [-0.2, -0.15) is 0 Å². The van der Waals surface area contributed by atoms with E-state index in [0.717, 1.165) is 25.7 Å². The van der Waals surface area contributed by atoms with E-state index in [9.17, 15) is 4.79 Å². The van der Waals surface area contributed by atoms with Gasteiger partial charge in [-0.15, -0.1) is 0 Å². The van der Waals surface area contributed by atoms with E-state index in [1.807, 2.05) is 0 Å². The summed E-state index contributed by atoms with van der Waals surface area (Å²) in [6.45, 7) is 2.27. The summed E-state index contributed by atoms with van der Waals surface area (Å²) >= 11 is 0. The third-order valence-corrected chi connectivity index (χ3v) is 5.69. The number of carbonyl (C=O) groups is 1. The van der Waals surface area contributed by atoms with Crippen LogP contribution in [0.5, 0.6) is 0 Å². The summed E-state index contributed by atoms with van der Waals surface area (Å²) in [5.74, 6) is -0.718. The van der Waals surface area contributed by atoms with Crippen molar-refractivity contribution in [3.63, 3.8) is 0 Å². The van der Waals surface area contributed by atoms with Crippen LogP contribution in [0.2, 0.25) is 0 Å². The van der Waals surface area contributed by atoms with Gasteiger partial charge < -0.3 is 14.6 Å². The fourth-order valence-corrected chi connectivity index (χ4v) is 3.77. The Bertz CT molecular complexity index is 485. The second-order valence-electron chi connectivity index (χ2n) is 8.27. The molecular formula is C24H40O4. The fraction of sp³-hybridized carbons (Fsp3) is 0.792. The Hall–Kier alpha value is -1.13. The van der Waals surface area contributed by atoms with Crippen molar-refractivity contribution < 1.29 is 19.4 Å². The molecule has 0 aromatic carbocycles. The van der Waals surface area contributed by atoms with Crippen molar-refractivity contribution in [3.8, 4) is 0 Å². The van der Waals surface area contributed by atoms with E-state index >= 15 is 0 Å². The molecule has 1 N–H and O–H groups in total. The van der Waals surface area contributed by atoms with Crippen LogP contribution in [-0.2, 0) is 14.3 Å². The molecule has 28 heavy (non-hydrogen) atoms. The van der Waals surface area contributed by atoms with E-state index in [2.05, 4.69) is 31.2 Å². The maximum atomic E-state index is 10.5. The summed E-state index contributed by atoms with van der Waals surface area (Å²) in [7, 11) is 0. The highest BCUT2D eigenvalue weighted by Crippen LogP contribution is 2.31. The molecule has 0 saturated carbocycles. The SMILES string of the molecule is CCCCCCCCCC1OC1CC=CCC=CCC1OC1CCCC(=O)O. The number of rotatable bonds is 18. The average Bonchev–Trinajstić information content (AvgIpc) is 3.58. The molecule has 160 valence electrons. The zero-order chi connectivity index (χ0) is 20.0. The second kappa shape index (κ2) is 13.9. The van der Waals surface area contributed by atoms with Crippen molar-refractivity contribution in [2.75, 3.05) is 0 Å². The summed E-state index contributed by atoms with van der Waals surface area (Å²) < 4.78 is 11.3. The summed E-state index contributed by atoms with van der Waals surface area (Å²) in [6.07, 6.45) is 26.0. The summed E-state index contributed by atoms with van der Waals surface area (Å²) in [5.41, 5.74) is 0. The fourth-order valence-electron chi connectivity index (χ4n) is 3.77. The Morgan fingerprint density at radius 1 is 0.750 bits per heavy atom. The number of carboxylic acids is 1. The van der Waals surface area contributed by atoms with Gasteiger partial charge in [0.1, 0.15) is 0 Å². The molecule has 2 saturated heterocycles. The van der Waals surface area contributed by atoms with E-state index in [0.29, 0.717) is 24.7 Å². The molecule has 2 rings (SSSR count). The molecule has 0 aliphatic carbocycles. The predicted molar refractivity (Wildman–Crippen MR) is 114 cm³/mol. The third kappa shape index (κ3) is 11.0. The summed E-state index contributed by atoms with van der Waals surface area (Å²) in [4.78, 5) is 10.5. The Morgan fingerprint density at radius 2 is 1.29 bits per heavy atom. The van der Waals surface area contributed by atoms with Crippen LogP contribution in [-0.4, -0.2) is 35.5 Å². The molecule has 2 heterocycles. The molecule has 0 aromatic heterocycles. The number of ether oxygens (including phenoxy) is 2. The molecule has 2 fully saturated rings.